The lowest BCUT2D eigenvalue weighted by molar-refractivity contribution is -0.162. The molecule has 280 valence electrons. The molecule has 3 heterocycles. The van der Waals surface area contributed by atoms with Crippen molar-refractivity contribution in [2.24, 2.45) is 17.8 Å². The second-order valence-electron chi connectivity index (χ2n) is 14.6. The van der Waals surface area contributed by atoms with Gasteiger partial charge in [-0.15, -0.1) is 13.2 Å². The van der Waals surface area contributed by atoms with Gasteiger partial charge < -0.3 is 29.7 Å². The van der Waals surface area contributed by atoms with E-state index in [-0.39, 0.29) is 42.1 Å². The van der Waals surface area contributed by atoms with Crippen LogP contribution in [0.5, 0.6) is 0 Å². The summed E-state index contributed by atoms with van der Waals surface area (Å²) in [5.74, 6) is -4.02. The van der Waals surface area contributed by atoms with Gasteiger partial charge in [-0.3, -0.25) is 19.2 Å². The molecular weight excluding hydrogens is 738 g/mol. The first-order valence-corrected chi connectivity index (χ1v) is 19.2. The van der Waals surface area contributed by atoms with Crippen LogP contribution >= 0.6 is 15.9 Å². The Bertz CT molecular complexity index is 1870. The topological polar surface area (TPSA) is 125 Å². The standard InChI is InChI=1S/C42H48BrN3O7/c1-6-8-18-33(48)44-26(5)36(28-15-10-9-11-16-28)52-41(51)34-35-39(49)46(32(24-47)25(3)4)38(42(35)23-31(43)37(34)53-42)40(50)45(21-7-2)30-20-19-27-14-12-13-17-29(27)22-30/h6-7,9-17,19-20,22,25-26,31-32,34-38,47H,1-2,8,18,21,23-24H2,3-5H3,(H,44,48)/t26-,31?,32-,34+,35-,36-,37+,38+,42-/m0/s1. The summed E-state index contributed by atoms with van der Waals surface area (Å²) in [5.41, 5.74) is -0.0866. The van der Waals surface area contributed by atoms with E-state index in [1.54, 1.807) is 24.0 Å². The molecule has 3 aromatic rings. The zero-order valence-electron chi connectivity index (χ0n) is 30.4. The van der Waals surface area contributed by atoms with Crippen LogP contribution < -0.4 is 10.2 Å². The number of benzene rings is 3. The van der Waals surface area contributed by atoms with E-state index in [9.17, 15) is 19.5 Å². The van der Waals surface area contributed by atoms with Gasteiger partial charge in [0.15, 0.2) is 0 Å². The lowest BCUT2D eigenvalue weighted by Gasteiger charge is -2.40. The van der Waals surface area contributed by atoms with Crippen LogP contribution in [0.1, 0.15) is 51.7 Å². The Balaban J connectivity index is 1.39. The van der Waals surface area contributed by atoms with Crippen LogP contribution in [0, 0.1) is 17.8 Å². The molecule has 0 aliphatic carbocycles. The third-order valence-corrected chi connectivity index (χ3v) is 11.8. The van der Waals surface area contributed by atoms with Crippen molar-refractivity contribution < 1.29 is 33.8 Å². The molecule has 6 rings (SSSR count). The maximum atomic E-state index is 15.2. The molecule has 0 radical (unpaired) electrons. The number of nitrogens with one attached hydrogen (secondary N) is 1. The van der Waals surface area contributed by atoms with Gasteiger partial charge in [0, 0.05) is 23.5 Å². The maximum absolute atomic E-state index is 15.2. The molecule has 3 fully saturated rings. The normalized spacial score (nSPS) is 26.2. The van der Waals surface area contributed by atoms with Crippen LogP contribution in [0.3, 0.4) is 0 Å². The minimum atomic E-state index is -1.39. The van der Waals surface area contributed by atoms with Crippen LogP contribution in [0.2, 0.25) is 0 Å². The number of hydrogen-bond acceptors (Lipinski definition) is 7. The van der Waals surface area contributed by atoms with Crippen molar-refractivity contribution in [3.8, 4) is 0 Å². The minimum absolute atomic E-state index is 0.156. The highest BCUT2D eigenvalue weighted by molar-refractivity contribution is 9.09. The summed E-state index contributed by atoms with van der Waals surface area (Å²) in [5, 5.41) is 15.6. The average Bonchev–Trinajstić information content (AvgIpc) is 3.75. The van der Waals surface area contributed by atoms with E-state index in [4.69, 9.17) is 9.47 Å². The second-order valence-corrected chi connectivity index (χ2v) is 15.8. The van der Waals surface area contributed by atoms with Crippen LogP contribution in [0.15, 0.2) is 98.1 Å². The highest BCUT2D eigenvalue weighted by Crippen LogP contribution is 2.61. The number of aliphatic hydroxyl groups is 1. The first kappa shape index (κ1) is 38.4. The Morgan fingerprint density at radius 1 is 1.06 bits per heavy atom. The third-order valence-electron chi connectivity index (χ3n) is 11.0. The number of esters is 1. The van der Waals surface area contributed by atoms with E-state index in [1.807, 2.05) is 86.6 Å². The molecule has 2 N–H and O–H groups in total. The van der Waals surface area contributed by atoms with Gasteiger partial charge in [-0.25, -0.2) is 0 Å². The van der Waals surface area contributed by atoms with Crippen molar-refractivity contribution in [3.63, 3.8) is 0 Å². The van der Waals surface area contributed by atoms with Crippen molar-refractivity contribution in [1.29, 1.82) is 0 Å². The minimum Gasteiger partial charge on any atom is -0.455 e. The number of aliphatic hydroxyl groups excluding tert-OH is 1. The quantitative estimate of drug-likeness (QED) is 0.112. The molecule has 1 spiro atoms. The Morgan fingerprint density at radius 2 is 1.75 bits per heavy atom. The summed E-state index contributed by atoms with van der Waals surface area (Å²) in [6, 6.07) is 20.3. The summed E-state index contributed by atoms with van der Waals surface area (Å²) >= 11 is 3.75. The van der Waals surface area contributed by atoms with E-state index in [2.05, 4.69) is 34.4 Å². The van der Waals surface area contributed by atoms with Crippen molar-refractivity contribution in [3.05, 3.63) is 104 Å². The number of halogens is 1. The SMILES string of the molecule is C=CCCC(=O)N[C@@H](C)[C@H](OC(=O)[C@H]1[C@@H]2O[C@@]3(CC2Br)[C@@H]1C(=O)N([C@@H](CO)C(C)C)[C@@H]3C(=O)N(CC=C)c1ccc2ccccc2c1)c1ccccc1. The first-order chi connectivity index (χ1) is 25.5. The third kappa shape index (κ3) is 7.06. The number of ether oxygens (including phenoxy) is 2. The molecule has 3 saturated heterocycles. The predicted molar refractivity (Wildman–Crippen MR) is 207 cm³/mol. The molecule has 0 saturated carbocycles. The van der Waals surface area contributed by atoms with Crippen LogP contribution in [0.25, 0.3) is 10.8 Å². The maximum Gasteiger partial charge on any atom is 0.313 e. The Morgan fingerprint density at radius 3 is 2.42 bits per heavy atom. The molecule has 3 amide bonds. The van der Waals surface area contributed by atoms with Gasteiger partial charge in [-0.1, -0.05) is 103 Å². The van der Waals surface area contributed by atoms with E-state index in [0.717, 1.165) is 10.8 Å². The number of hydrogen-bond donors (Lipinski definition) is 2. The van der Waals surface area contributed by atoms with Crippen LogP contribution in [-0.4, -0.2) is 81.5 Å². The number of fused-ring (bicyclic) bond motifs is 2. The van der Waals surface area contributed by atoms with Gasteiger partial charge in [0.05, 0.1) is 36.6 Å². The van der Waals surface area contributed by atoms with Crippen molar-refractivity contribution in [2.45, 2.75) is 80.8 Å². The molecule has 9 atom stereocenters. The summed E-state index contributed by atoms with van der Waals surface area (Å²) in [7, 11) is 0. The number of carbonyl (C=O) groups is 4. The molecule has 53 heavy (non-hydrogen) atoms. The fraction of sp³-hybridized carbons (Fsp3) is 0.429. The summed E-state index contributed by atoms with van der Waals surface area (Å²) in [4.78, 5) is 60.1. The average molecular weight is 787 g/mol. The number of allylic oxidation sites excluding steroid dienone is 1. The van der Waals surface area contributed by atoms with Crippen molar-refractivity contribution in [1.82, 2.24) is 10.2 Å². The molecule has 2 bridgehead atoms. The molecular formula is C42H48BrN3O7. The van der Waals surface area contributed by atoms with Gasteiger partial charge >= 0.3 is 5.97 Å². The molecule has 11 heteroatoms. The van der Waals surface area contributed by atoms with E-state index < -0.39 is 59.6 Å². The fourth-order valence-corrected chi connectivity index (χ4v) is 9.42. The predicted octanol–water partition coefficient (Wildman–Crippen LogP) is 5.88. The van der Waals surface area contributed by atoms with E-state index >= 15 is 4.79 Å². The molecule has 3 aromatic carbocycles. The largest absolute Gasteiger partial charge is 0.455 e. The molecule has 1 unspecified atom stereocenters. The Labute approximate surface area is 319 Å². The molecule has 0 aromatic heterocycles. The highest BCUT2D eigenvalue weighted by atomic mass is 79.9. The second kappa shape index (κ2) is 16.0. The van der Waals surface area contributed by atoms with E-state index in [1.165, 1.54) is 4.90 Å². The van der Waals surface area contributed by atoms with Crippen LogP contribution in [-0.2, 0) is 28.7 Å². The van der Waals surface area contributed by atoms with E-state index in [0.29, 0.717) is 24.1 Å². The van der Waals surface area contributed by atoms with Crippen LogP contribution in [0.4, 0.5) is 5.69 Å². The smallest absolute Gasteiger partial charge is 0.313 e. The monoisotopic (exact) mass is 785 g/mol. The van der Waals surface area contributed by atoms with Gasteiger partial charge in [-0.05, 0) is 54.2 Å². The Hall–Kier alpha value is -4.32. The van der Waals surface area contributed by atoms with Gasteiger partial charge in [-0.2, -0.15) is 0 Å². The first-order valence-electron chi connectivity index (χ1n) is 18.3. The van der Waals surface area contributed by atoms with Gasteiger partial charge in [0.2, 0.25) is 11.8 Å². The summed E-state index contributed by atoms with van der Waals surface area (Å²) < 4.78 is 13.1. The fourth-order valence-electron chi connectivity index (χ4n) is 8.48. The number of nitrogens with zero attached hydrogens (tertiary/aromatic N) is 2. The molecule has 3 aliphatic heterocycles. The van der Waals surface area contributed by atoms with Crippen molar-refractivity contribution >= 4 is 56.1 Å². The number of likely N-dealkylation sites (tertiary alicyclic amines) is 1. The number of rotatable bonds is 15. The number of amides is 3. The van der Waals surface area contributed by atoms with Crippen molar-refractivity contribution in [2.75, 3.05) is 18.1 Å². The molecule has 10 nitrogen and oxygen atoms in total. The molecule has 3 aliphatic rings. The zero-order valence-corrected chi connectivity index (χ0v) is 32.0. The number of alkyl halides is 1. The number of carbonyl (C=O) groups excluding carboxylic acids is 4. The van der Waals surface area contributed by atoms with Gasteiger partial charge in [0.1, 0.15) is 17.7 Å². The highest BCUT2D eigenvalue weighted by Gasteiger charge is 2.77. The zero-order chi connectivity index (χ0) is 38.0. The lowest BCUT2D eigenvalue weighted by atomic mass is 9.70. The van der Waals surface area contributed by atoms with Gasteiger partial charge in [0.25, 0.3) is 5.91 Å². The Kier molecular flexibility index (Phi) is 11.6. The summed E-state index contributed by atoms with van der Waals surface area (Å²) in [6.45, 7) is 12.9. The lowest BCUT2D eigenvalue weighted by Crippen LogP contribution is -2.60. The summed E-state index contributed by atoms with van der Waals surface area (Å²) in [6.07, 6.45) is 2.70. The number of anilines is 1.